The Morgan fingerprint density at radius 1 is 0.430 bits per heavy atom. The summed E-state index contributed by atoms with van der Waals surface area (Å²) >= 11 is 1.67. The molecular weight excluding hydrogens is 1820 g/mol. The Hall–Kier alpha value is -15.1. The average Bonchev–Trinajstić information content (AvgIpc) is 1.65. The number of likely N-dealkylation sites (tertiary alicyclic amines) is 1. The minimum atomic E-state index is -0.210. The number of furan rings is 1. The Kier molecular flexibility index (Phi) is 34.2. The number of nitrogens with one attached hydrogen (secondary N) is 2. The number of fused-ring (bicyclic) bond motifs is 3. The number of aryl methyl sites for hydroxylation is 3. The normalized spacial score (nSPS) is 13.1. The maximum atomic E-state index is 9.96. The number of hydrogen-bond donors (Lipinski definition) is 5. The maximum Gasteiger partial charge on any atom is 0.268 e. The molecule has 0 bridgehead atoms. The molecule has 31 heteroatoms. The highest BCUT2D eigenvalue weighted by Gasteiger charge is 2.35. The molecule has 0 radical (unpaired) electrons. The molecule has 734 valence electrons. The molecule has 0 amide bonds. The molecule has 1 aliphatic heterocycles. The summed E-state index contributed by atoms with van der Waals surface area (Å²) < 4.78 is 78.3. The molecule has 0 saturated carbocycles. The lowest BCUT2D eigenvalue weighted by Gasteiger charge is -2.24. The smallest absolute Gasteiger partial charge is 0.268 e. The van der Waals surface area contributed by atoms with Crippen LogP contribution in [0.25, 0.3) is 147 Å². The summed E-state index contributed by atoms with van der Waals surface area (Å²) in [5.41, 5.74) is 19.3. The van der Waals surface area contributed by atoms with Crippen molar-refractivity contribution < 1.29 is 80.2 Å². The van der Waals surface area contributed by atoms with Crippen LogP contribution in [0.5, 0.6) is 46.0 Å². The SMILES string of the molecule is CCOc1ccc(-c2nc(-c3ccc(CCCCO)cc3C)no2)cc1OCC.CCOc1ccc(-c2nc(-c3ccc4occc4c3)no2)cc1OCC.CCOc1ccc(-c2nc(-c3cccc(CNCCO)c3C)no2)cc1OCC.CCOc1ccc(-c2nc(-c3cccc4c3CCC4N3CC[C@@H](O)C3)no2)cc1OCC.Cc1sc(-c2nc(-c3cccc4[nH]ccc34)no2)cc1-c1ccccc1. The number of thiophene rings is 1. The van der Waals surface area contributed by atoms with Crippen LogP contribution >= 0.6 is 11.3 Å². The van der Waals surface area contributed by atoms with Crippen LogP contribution in [0, 0.1) is 20.8 Å². The van der Waals surface area contributed by atoms with Gasteiger partial charge < -0.3 is 90.5 Å². The first kappa shape index (κ1) is 99.9. The van der Waals surface area contributed by atoms with Gasteiger partial charge in [-0.25, -0.2) is 0 Å². The van der Waals surface area contributed by atoms with Crippen molar-refractivity contribution >= 4 is 33.2 Å². The van der Waals surface area contributed by atoms with Crippen molar-refractivity contribution in [2.45, 2.75) is 133 Å². The number of hydrogen-bond acceptors (Lipinski definition) is 30. The number of nitrogens with zero attached hydrogens (tertiary/aromatic N) is 11. The first-order valence-electron chi connectivity index (χ1n) is 48.2. The van der Waals surface area contributed by atoms with Crippen molar-refractivity contribution in [2.75, 3.05) is 85.7 Å². The van der Waals surface area contributed by atoms with Crippen molar-refractivity contribution in [2.24, 2.45) is 0 Å². The van der Waals surface area contributed by atoms with E-state index in [2.05, 4.69) is 129 Å². The van der Waals surface area contributed by atoms with E-state index >= 15 is 0 Å². The average molecular weight is 1940 g/mol. The van der Waals surface area contributed by atoms with Gasteiger partial charge in [0.05, 0.1) is 76.7 Å². The Morgan fingerprint density at radius 3 is 1.48 bits per heavy atom. The number of aromatic nitrogens is 11. The van der Waals surface area contributed by atoms with E-state index in [9.17, 15) is 5.11 Å². The molecule has 9 heterocycles. The number of ether oxygens (including phenoxy) is 8. The largest absolute Gasteiger partial charge is 0.490 e. The lowest BCUT2D eigenvalue weighted by atomic mass is 10.0. The van der Waals surface area contributed by atoms with Gasteiger partial charge in [0.25, 0.3) is 29.5 Å². The lowest BCUT2D eigenvalue weighted by Crippen LogP contribution is -2.26. The minimum absolute atomic E-state index is 0.110. The van der Waals surface area contributed by atoms with Crippen LogP contribution in [0.15, 0.2) is 252 Å². The lowest BCUT2D eigenvalue weighted by molar-refractivity contribution is 0.159. The molecule has 142 heavy (non-hydrogen) atoms. The molecule has 18 aromatic rings. The van der Waals surface area contributed by atoms with Crippen molar-refractivity contribution in [1.29, 1.82) is 0 Å². The quantitative estimate of drug-likeness (QED) is 0.0228. The van der Waals surface area contributed by atoms with Gasteiger partial charge in [-0.05, 0) is 274 Å². The summed E-state index contributed by atoms with van der Waals surface area (Å²) in [6.45, 7) is 29.4. The summed E-state index contributed by atoms with van der Waals surface area (Å²) in [6, 6.07) is 69.6. The van der Waals surface area contributed by atoms with Crippen LogP contribution in [0.4, 0.5) is 0 Å². The predicted octanol–water partition coefficient (Wildman–Crippen LogP) is 23.5. The molecule has 5 N–H and O–H groups in total. The van der Waals surface area contributed by atoms with Gasteiger partial charge >= 0.3 is 0 Å². The zero-order valence-electron chi connectivity index (χ0n) is 81.5. The molecule has 8 aromatic heterocycles. The number of aliphatic hydroxyl groups excluding tert-OH is 3. The second kappa shape index (κ2) is 48.6. The van der Waals surface area contributed by atoms with Gasteiger partial charge in [-0.15, -0.1) is 11.3 Å². The van der Waals surface area contributed by atoms with E-state index in [4.69, 9.17) is 80.1 Å². The summed E-state index contributed by atoms with van der Waals surface area (Å²) in [5, 5.41) is 54.1. The van der Waals surface area contributed by atoms with Gasteiger partial charge in [0.15, 0.2) is 46.0 Å². The summed E-state index contributed by atoms with van der Waals surface area (Å²) in [6.07, 6.45) is 9.00. The second-order valence-corrected chi connectivity index (χ2v) is 34.5. The van der Waals surface area contributed by atoms with Crippen LogP contribution in [-0.2, 0) is 19.4 Å². The fourth-order valence-corrected chi connectivity index (χ4v) is 18.1. The van der Waals surface area contributed by atoms with Crippen molar-refractivity contribution in [3.63, 3.8) is 0 Å². The highest BCUT2D eigenvalue weighted by molar-refractivity contribution is 7.15. The first-order valence-corrected chi connectivity index (χ1v) is 49.0. The topological polar surface area (TPSA) is 373 Å². The standard InChI is InChI=1S/C25H29N3O4.C23H28N2O4.C22H27N3O4.C21H15N3OS.C20H18N2O4/c1-3-30-22-11-8-16(14-23(22)31-4-2)25-26-24(27-32-25)20-7-5-6-19-18(20)9-10-21(19)28-13-12-17(29)15-28;1-4-27-20-12-10-18(15-21(20)28-5-2)23-24-22(25-29-23)19-11-9-17(14-16(19)3)8-6-7-13-26;1-4-27-19-10-9-16(13-20(19)28-5-2)22-24-21(25-29-22)18-8-6-7-17(15(18)3)14-23-11-12-26;1-13-17(14-6-3-2-4-7-14)12-19(26-13)21-23-20(24-25-21)16-8-5-9-18-15(16)10-11-22-18;1-3-23-17-8-6-15(12-18(17)24-4-2)20-21-19(22-26-20)14-5-7-16-13(11-14)9-10-25-16/h5-8,11,14,17,21,29H,3-4,9-10,12-13,15H2,1-2H3;9-12,14-15,26H,4-8,13H2,1-3H3;6-10,13,23,26H,4-5,11-12,14H2,1-3H3;2-12,22H,1H3;5-12H,3-4H2,1-2H3/t17-,21?;;;;/m1..../s1. The van der Waals surface area contributed by atoms with E-state index in [0.29, 0.717) is 177 Å². The highest BCUT2D eigenvalue weighted by Crippen LogP contribution is 2.45. The Balaban J connectivity index is 0.000000128. The van der Waals surface area contributed by atoms with Gasteiger partial charge in [0, 0.05) is 116 Å². The van der Waals surface area contributed by atoms with Gasteiger partial charge in [-0.3, -0.25) is 4.90 Å². The van der Waals surface area contributed by atoms with Gasteiger partial charge in [0.1, 0.15) is 5.58 Å². The predicted molar refractivity (Wildman–Crippen MR) is 546 cm³/mol. The van der Waals surface area contributed by atoms with Crippen LogP contribution < -0.4 is 43.2 Å². The number of benzene rings is 10. The molecule has 2 aliphatic rings. The van der Waals surface area contributed by atoms with Gasteiger partial charge in [0.2, 0.25) is 29.1 Å². The summed E-state index contributed by atoms with van der Waals surface area (Å²) in [4.78, 5) is 30.9. The molecule has 10 aromatic carbocycles. The summed E-state index contributed by atoms with van der Waals surface area (Å²) in [5.74, 6) is 10.6. The van der Waals surface area contributed by atoms with Crippen LogP contribution in [0.3, 0.4) is 0 Å². The van der Waals surface area contributed by atoms with Crippen molar-refractivity contribution in [3.8, 4) is 171 Å². The molecule has 1 saturated heterocycles. The van der Waals surface area contributed by atoms with E-state index in [1.165, 1.54) is 32.7 Å². The number of aliphatic hydroxyl groups is 3. The Morgan fingerprint density at radius 2 is 0.930 bits per heavy atom. The highest BCUT2D eigenvalue weighted by atomic mass is 32.1. The van der Waals surface area contributed by atoms with E-state index in [1.54, 1.807) is 17.6 Å². The van der Waals surface area contributed by atoms with Crippen molar-refractivity contribution in [1.82, 2.24) is 65.9 Å². The van der Waals surface area contributed by atoms with E-state index in [-0.39, 0.29) is 19.3 Å². The van der Waals surface area contributed by atoms with Crippen LogP contribution in [-0.4, -0.2) is 168 Å². The Labute approximate surface area is 827 Å². The van der Waals surface area contributed by atoms with Gasteiger partial charge in [-0.1, -0.05) is 123 Å². The zero-order chi connectivity index (χ0) is 98.8. The van der Waals surface area contributed by atoms with Crippen LogP contribution in [0.2, 0.25) is 0 Å². The fraction of sp³-hybridized carbons (Fsp3) is 0.297. The first-order chi connectivity index (χ1) is 69.6. The minimum Gasteiger partial charge on any atom is -0.490 e. The van der Waals surface area contributed by atoms with Crippen molar-refractivity contribution in [3.05, 3.63) is 263 Å². The maximum absolute atomic E-state index is 9.96. The molecule has 2 atom stereocenters. The number of β-amino-alcohol motifs (C(OH)–C–C–N with tert-alkyl or cyclic N) is 1. The molecule has 1 aliphatic carbocycles. The second-order valence-electron chi connectivity index (χ2n) is 33.3. The van der Waals surface area contributed by atoms with E-state index < -0.39 is 0 Å². The molecule has 1 unspecified atom stereocenters. The molecule has 20 rings (SSSR count). The number of aromatic amines is 1. The number of unbranched alkanes of at least 4 members (excludes halogenated alkanes) is 1. The zero-order valence-corrected chi connectivity index (χ0v) is 82.4. The molecular formula is C111H117N13O17S. The third-order valence-corrected chi connectivity index (χ3v) is 24.9. The summed E-state index contributed by atoms with van der Waals surface area (Å²) in [7, 11) is 0. The van der Waals surface area contributed by atoms with E-state index in [1.807, 2.05) is 227 Å². The monoisotopic (exact) mass is 1940 g/mol. The molecule has 30 nitrogen and oxygen atoms in total. The fourth-order valence-electron chi connectivity index (χ4n) is 17.1. The number of rotatable bonds is 36. The molecule has 0 spiro atoms. The third-order valence-electron chi connectivity index (χ3n) is 23.9. The number of H-pyrrole nitrogens is 1. The van der Waals surface area contributed by atoms with Gasteiger partial charge in [-0.2, -0.15) is 24.9 Å². The molecule has 1 fully saturated rings. The third kappa shape index (κ3) is 24.1. The van der Waals surface area contributed by atoms with Crippen LogP contribution in [0.1, 0.15) is 125 Å². The Bertz CT molecular complexity index is 7160. The van der Waals surface area contributed by atoms with E-state index in [0.717, 1.165) is 145 Å².